The Morgan fingerprint density at radius 2 is 1.90 bits per heavy atom. The first-order valence-corrected chi connectivity index (χ1v) is 7.25. The maximum atomic E-state index is 11.6. The number of amides is 1. The van der Waals surface area contributed by atoms with Crippen LogP contribution in [0.3, 0.4) is 0 Å². The van der Waals surface area contributed by atoms with E-state index < -0.39 is 0 Å². The quantitative estimate of drug-likeness (QED) is 0.881. The summed E-state index contributed by atoms with van der Waals surface area (Å²) in [7, 11) is 0. The first kappa shape index (κ1) is 14.9. The molecule has 1 aliphatic heterocycles. The Bertz CT molecular complexity index is 512. The van der Waals surface area contributed by atoms with E-state index in [0.29, 0.717) is 13.0 Å². The number of ether oxygens (including phenoxy) is 1. The fraction of sp³-hybridized carbons (Fsp3) is 0.588. The Labute approximate surface area is 121 Å². The van der Waals surface area contributed by atoms with Gasteiger partial charge in [-0.25, -0.2) is 0 Å². The molecule has 3 nitrogen and oxygen atoms in total. The largest absolute Gasteiger partial charge is 0.491 e. The van der Waals surface area contributed by atoms with E-state index in [4.69, 9.17) is 4.74 Å². The third kappa shape index (κ3) is 3.53. The van der Waals surface area contributed by atoms with E-state index in [1.54, 1.807) is 0 Å². The second-order valence-corrected chi connectivity index (χ2v) is 7.48. The fourth-order valence-electron chi connectivity index (χ4n) is 3.07. The van der Waals surface area contributed by atoms with Gasteiger partial charge < -0.3 is 10.1 Å². The molecule has 0 spiro atoms. The molecule has 0 radical (unpaired) electrons. The first-order chi connectivity index (χ1) is 9.17. The monoisotopic (exact) mass is 275 g/mol. The van der Waals surface area contributed by atoms with E-state index in [9.17, 15) is 4.79 Å². The predicted molar refractivity (Wildman–Crippen MR) is 82.3 cm³/mol. The van der Waals surface area contributed by atoms with Crippen LogP contribution < -0.4 is 10.1 Å². The predicted octanol–water partition coefficient (Wildman–Crippen LogP) is 4.12. The normalized spacial score (nSPS) is 15.9. The van der Waals surface area contributed by atoms with Gasteiger partial charge in [0.05, 0.1) is 18.7 Å². The summed E-state index contributed by atoms with van der Waals surface area (Å²) < 4.78 is 5.60. The van der Waals surface area contributed by atoms with Crippen molar-refractivity contribution < 1.29 is 9.53 Å². The Kier molecular flexibility index (Phi) is 3.81. The van der Waals surface area contributed by atoms with Crippen LogP contribution in [0.25, 0.3) is 0 Å². The SMILES string of the molecule is CC(C)(C)CC(C)(C)c1ccc2c(c1)NC(=O)CCO2. The number of fused-ring (bicyclic) bond motifs is 1. The highest BCUT2D eigenvalue weighted by Crippen LogP contribution is 2.39. The van der Waals surface area contributed by atoms with E-state index in [1.807, 2.05) is 6.07 Å². The fourth-order valence-corrected chi connectivity index (χ4v) is 3.07. The topological polar surface area (TPSA) is 38.3 Å². The molecule has 0 atom stereocenters. The highest BCUT2D eigenvalue weighted by molar-refractivity contribution is 5.93. The number of nitrogens with one attached hydrogen (secondary N) is 1. The molecule has 1 heterocycles. The van der Waals surface area contributed by atoms with E-state index in [0.717, 1.165) is 17.9 Å². The molecule has 0 bridgehead atoms. The molecule has 1 N–H and O–H groups in total. The lowest BCUT2D eigenvalue weighted by Crippen LogP contribution is -2.25. The number of hydrogen-bond acceptors (Lipinski definition) is 2. The number of hydrogen-bond donors (Lipinski definition) is 1. The zero-order chi connectivity index (χ0) is 15.0. The smallest absolute Gasteiger partial charge is 0.227 e. The lowest BCUT2D eigenvalue weighted by atomic mass is 9.72. The molecule has 1 amide bonds. The maximum absolute atomic E-state index is 11.6. The average Bonchev–Trinajstić information content (AvgIpc) is 2.45. The number of anilines is 1. The molecule has 0 fully saturated rings. The van der Waals surface area contributed by atoms with Crippen LogP contribution >= 0.6 is 0 Å². The Hall–Kier alpha value is -1.51. The minimum atomic E-state index is 0.0227. The van der Waals surface area contributed by atoms with Crippen molar-refractivity contribution in [1.29, 1.82) is 0 Å². The number of rotatable bonds is 2. The molecule has 0 aromatic heterocycles. The minimum absolute atomic E-state index is 0.0227. The van der Waals surface area contributed by atoms with E-state index in [-0.39, 0.29) is 16.7 Å². The summed E-state index contributed by atoms with van der Waals surface area (Å²) in [4.78, 5) is 11.6. The Morgan fingerprint density at radius 1 is 1.20 bits per heavy atom. The van der Waals surface area contributed by atoms with Gasteiger partial charge in [-0.2, -0.15) is 0 Å². The molecule has 110 valence electrons. The van der Waals surface area contributed by atoms with Crippen LogP contribution in [-0.2, 0) is 10.2 Å². The van der Waals surface area contributed by atoms with Crippen LogP contribution in [-0.4, -0.2) is 12.5 Å². The van der Waals surface area contributed by atoms with Crippen molar-refractivity contribution in [2.75, 3.05) is 11.9 Å². The molecule has 2 rings (SSSR count). The van der Waals surface area contributed by atoms with Crippen molar-refractivity contribution in [1.82, 2.24) is 0 Å². The van der Waals surface area contributed by atoms with Crippen LogP contribution in [0, 0.1) is 5.41 Å². The highest BCUT2D eigenvalue weighted by atomic mass is 16.5. The zero-order valence-electron chi connectivity index (χ0n) is 13.2. The standard InChI is InChI=1S/C17H25NO2/c1-16(2,3)11-17(4,5)12-6-7-14-13(10-12)18-15(19)8-9-20-14/h6-7,10H,8-9,11H2,1-5H3,(H,18,19). The minimum Gasteiger partial charge on any atom is -0.491 e. The molecule has 1 aromatic carbocycles. The van der Waals surface area contributed by atoms with Gasteiger partial charge in [-0.15, -0.1) is 0 Å². The van der Waals surface area contributed by atoms with Crippen molar-refractivity contribution >= 4 is 11.6 Å². The summed E-state index contributed by atoms with van der Waals surface area (Å²) in [5.41, 5.74) is 2.35. The number of carbonyl (C=O) groups is 1. The molecule has 0 saturated heterocycles. The van der Waals surface area contributed by atoms with Gasteiger partial charge >= 0.3 is 0 Å². The van der Waals surface area contributed by atoms with Gasteiger partial charge in [0, 0.05) is 0 Å². The molecule has 1 aromatic rings. The van der Waals surface area contributed by atoms with Gasteiger partial charge in [0.15, 0.2) is 0 Å². The van der Waals surface area contributed by atoms with Gasteiger partial charge in [-0.05, 0) is 34.9 Å². The number of carbonyl (C=O) groups excluding carboxylic acids is 1. The molecule has 0 aliphatic carbocycles. The van der Waals surface area contributed by atoms with Crippen LogP contribution in [0.1, 0.15) is 53.0 Å². The third-order valence-corrected chi connectivity index (χ3v) is 3.59. The summed E-state index contributed by atoms with van der Waals surface area (Å²) in [6.45, 7) is 11.7. The molecular formula is C17H25NO2. The van der Waals surface area contributed by atoms with Crippen LogP contribution in [0.2, 0.25) is 0 Å². The van der Waals surface area contributed by atoms with Gasteiger partial charge in [0.1, 0.15) is 5.75 Å². The van der Waals surface area contributed by atoms with Crippen molar-refractivity contribution in [2.45, 2.75) is 52.9 Å². The van der Waals surface area contributed by atoms with Crippen LogP contribution in [0.5, 0.6) is 5.75 Å². The van der Waals surface area contributed by atoms with Crippen molar-refractivity contribution in [3.63, 3.8) is 0 Å². The summed E-state index contributed by atoms with van der Waals surface area (Å²) in [6, 6.07) is 6.15. The summed E-state index contributed by atoms with van der Waals surface area (Å²) in [6.07, 6.45) is 1.49. The molecule has 0 saturated carbocycles. The molecule has 3 heteroatoms. The van der Waals surface area contributed by atoms with Crippen molar-refractivity contribution in [3.05, 3.63) is 23.8 Å². The molecule has 20 heavy (non-hydrogen) atoms. The molecular weight excluding hydrogens is 250 g/mol. The van der Waals surface area contributed by atoms with E-state index in [1.165, 1.54) is 5.56 Å². The lowest BCUT2D eigenvalue weighted by molar-refractivity contribution is -0.116. The van der Waals surface area contributed by atoms with E-state index >= 15 is 0 Å². The Balaban J connectivity index is 2.32. The zero-order valence-corrected chi connectivity index (χ0v) is 13.2. The summed E-state index contributed by atoms with van der Waals surface area (Å²) >= 11 is 0. The van der Waals surface area contributed by atoms with E-state index in [2.05, 4.69) is 52.1 Å². The lowest BCUT2D eigenvalue weighted by Gasteiger charge is -2.33. The van der Waals surface area contributed by atoms with Gasteiger partial charge in [0.2, 0.25) is 5.91 Å². The highest BCUT2D eigenvalue weighted by Gasteiger charge is 2.28. The second-order valence-electron chi connectivity index (χ2n) is 7.48. The van der Waals surface area contributed by atoms with Crippen molar-refractivity contribution in [3.8, 4) is 5.75 Å². The van der Waals surface area contributed by atoms with Gasteiger partial charge in [-0.3, -0.25) is 4.79 Å². The average molecular weight is 275 g/mol. The summed E-state index contributed by atoms with van der Waals surface area (Å²) in [5.74, 6) is 0.792. The maximum Gasteiger partial charge on any atom is 0.227 e. The first-order valence-electron chi connectivity index (χ1n) is 7.25. The Morgan fingerprint density at radius 3 is 2.55 bits per heavy atom. The van der Waals surface area contributed by atoms with Crippen molar-refractivity contribution in [2.24, 2.45) is 5.41 Å². The van der Waals surface area contributed by atoms with Gasteiger partial charge in [0.25, 0.3) is 0 Å². The molecule has 1 aliphatic rings. The second kappa shape index (κ2) is 5.12. The van der Waals surface area contributed by atoms with Crippen LogP contribution in [0.15, 0.2) is 18.2 Å². The van der Waals surface area contributed by atoms with Gasteiger partial charge in [-0.1, -0.05) is 40.7 Å². The van der Waals surface area contributed by atoms with Crippen LogP contribution in [0.4, 0.5) is 5.69 Å². The summed E-state index contributed by atoms with van der Waals surface area (Å²) in [5, 5.41) is 2.93. The third-order valence-electron chi connectivity index (χ3n) is 3.59. The number of benzene rings is 1. The molecule has 0 unspecified atom stereocenters.